The highest BCUT2D eigenvalue weighted by molar-refractivity contribution is 5.31. The van der Waals surface area contributed by atoms with Crippen LogP contribution in [0, 0.1) is 35.4 Å². The lowest BCUT2D eigenvalue weighted by Crippen LogP contribution is -2.34. The summed E-state index contributed by atoms with van der Waals surface area (Å²) in [4.78, 5) is 0. The Morgan fingerprint density at radius 2 is 1.50 bits per heavy atom. The summed E-state index contributed by atoms with van der Waals surface area (Å²) in [5.41, 5.74) is 1.18. The number of rotatable bonds is 4. The van der Waals surface area contributed by atoms with Gasteiger partial charge in [0.15, 0.2) is 11.6 Å². The molecule has 3 aliphatic rings. The summed E-state index contributed by atoms with van der Waals surface area (Å²) in [6.45, 7) is 2.16. The minimum absolute atomic E-state index is 0.209. The van der Waals surface area contributed by atoms with Crippen molar-refractivity contribution in [1.29, 1.82) is 0 Å². The van der Waals surface area contributed by atoms with Gasteiger partial charge >= 0.3 is 0 Å². The number of hydrogen-bond donors (Lipinski definition) is 0. The molecule has 28 heavy (non-hydrogen) atoms. The Hall–Kier alpha value is -1.31. The van der Waals surface area contributed by atoms with Crippen LogP contribution in [-0.4, -0.2) is 7.11 Å². The molecular weight excluding hydrogens is 347 g/mol. The SMILES string of the molecule is C/C=C/C1CCC(C2CCC3CC(c4ccc(OC)c(F)c4)CCC3C2)CC1. The molecule has 154 valence electrons. The van der Waals surface area contributed by atoms with E-state index in [1.54, 1.807) is 12.1 Å². The molecule has 2 heteroatoms. The van der Waals surface area contributed by atoms with Crippen molar-refractivity contribution >= 4 is 0 Å². The van der Waals surface area contributed by atoms with Crippen molar-refractivity contribution in [3.05, 3.63) is 41.7 Å². The maximum atomic E-state index is 14.1. The van der Waals surface area contributed by atoms with Crippen molar-refractivity contribution in [3.63, 3.8) is 0 Å². The lowest BCUT2D eigenvalue weighted by molar-refractivity contribution is 0.0748. The van der Waals surface area contributed by atoms with Crippen LogP contribution in [0.2, 0.25) is 0 Å². The highest BCUT2D eigenvalue weighted by Crippen LogP contribution is 2.51. The Balaban J connectivity index is 1.32. The van der Waals surface area contributed by atoms with Crippen molar-refractivity contribution in [2.24, 2.45) is 29.6 Å². The topological polar surface area (TPSA) is 9.23 Å². The van der Waals surface area contributed by atoms with Crippen LogP contribution in [0.15, 0.2) is 30.4 Å². The van der Waals surface area contributed by atoms with Gasteiger partial charge in [0.1, 0.15) is 0 Å². The Bertz CT molecular complexity index is 673. The van der Waals surface area contributed by atoms with Gasteiger partial charge in [0.05, 0.1) is 7.11 Å². The molecule has 0 saturated heterocycles. The number of methoxy groups -OCH3 is 1. The summed E-state index contributed by atoms with van der Waals surface area (Å²) in [7, 11) is 1.54. The molecule has 4 atom stereocenters. The molecule has 0 heterocycles. The van der Waals surface area contributed by atoms with E-state index in [4.69, 9.17) is 4.74 Å². The van der Waals surface area contributed by atoms with E-state index in [1.165, 1.54) is 76.9 Å². The molecule has 3 saturated carbocycles. The minimum Gasteiger partial charge on any atom is -0.494 e. The van der Waals surface area contributed by atoms with Crippen LogP contribution in [0.1, 0.15) is 82.6 Å². The summed E-state index contributed by atoms with van der Waals surface area (Å²) in [5, 5.41) is 0. The third-order valence-electron chi connectivity index (χ3n) is 8.25. The second kappa shape index (κ2) is 9.01. The van der Waals surface area contributed by atoms with Crippen molar-refractivity contribution in [1.82, 2.24) is 0 Å². The second-order valence-electron chi connectivity index (χ2n) is 9.70. The van der Waals surface area contributed by atoms with Gasteiger partial charge in [-0.1, -0.05) is 18.2 Å². The number of benzene rings is 1. The molecule has 0 N–H and O–H groups in total. The van der Waals surface area contributed by atoms with Crippen molar-refractivity contribution in [3.8, 4) is 5.75 Å². The fraction of sp³-hybridized carbons (Fsp3) is 0.692. The van der Waals surface area contributed by atoms with Gasteiger partial charge in [0, 0.05) is 0 Å². The van der Waals surface area contributed by atoms with Gasteiger partial charge in [-0.3, -0.25) is 0 Å². The van der Waals surface area contributed by atoms with Gasteiger partial charge in [-0.2, -0.15) is 0 Å². The molecule has 0 aliphatic heterocycles. The van der Waals surface area contributed by atoms with E-state index in [0.717, 1.165) is 29.6 Å². The fourth-order valence-electron chi connectivity index (χ4n) is 6.67. The van der Waals surface area contributed by atoms with Gasteiger partial charge in [-0.15, -0.1) is 0 Å². The fourth-order valence-corrected chi connectivity index (χ4v) is 6.67. The van der Waals surface area contributed by atoms with E-state index in [2.05, 4.69) is 25.1 Å². The predicted molar refractivity (Wildman–Crippen MR) is 114 cm³/mol. The molecule has 0 spiro atoms. The van der Waals surface area contributed by atoms with Crippen molar-refractivity contribution in [2.45, 2.75) is 77.0 Å². The van der Waals surface area contributed by atoms with Gasteiger partial charge < -0.3 is 4.74 Å². The lowest BCUT2D eigenvalue weighted by Gasteiger charge is -2.45. The standard InChI is InChI=1S/C26H37FO/c1-3-4-18-5-7-19(8-6-18)20-9-10-22-16-23(12-11-21(22)15-20)24-13-14-26(28-2)25(27)17-24/h3-4,13-14,17-23H,5-12,15-16H2,1-2H3/b4-3+. The zero-order valence-electron chi connectivity index (χ0n) is 17.7. The summed E-state index contributed by atoms with van der Waals surface area (Å²) in [6, 6.07) is 5.61. The summed E-state index contributed by atoms with van der Waals surface area (Å²) in [6.07, 6.45) is 18.5. The first-order chi connectivity index (χ1) is 13.7. The molecule has 1 aromatic carbocycles. The van der Waals surface area contributed by atoms with Crippen LogP contribution in [0.3, 0.4) is 0 Å². The quantitative estimate of drug-likeness (QED) is 0.488. The molecule has 3 aliphatic carbocycles. The summed E-state index contributed by atoms with van der Waals surface area (Å²) >= 11 is 0. The van der Waals surface area contributed by atoms with Gasteiger partial charge in [0.2, 0.25) is 0 Å². The maximum absolute atomic E-state index is 14.1. The first-order valence-corrected chi connectivity index (χ1v) is 11.6. The first kappa shape index (κ1) is 20.0. The second-order valence-corrected chi connectivity index (χ2v) is 9.70. The predicted octanol–water partition coefficient (Wildman–Crippen LogP) is 7.52. The average Bonchev–Trinajstić information content (AvgIpc) is 2.74. The summed E-state index contributed by atoms with van der Waals surface area (Å²) in [5.74, 6) is 5.28. The molecule has 1 nitrogen and oxygen atoms in total. The molecule has 0 amide bonds. The van der Waals surface area contributed by atoms with Gasteiger partial charge in [-0.25, -0.2) is 4.39 Å². The maximum Gasteiger partial charge on any atom is 0.165 e. The third-order valence-corrected chi connectivity index (χ3v) is 8.25. The number of allylic oxidation sites excluding steroid dienone is 2. The smallest absolute Gasteiger partial charge is 0.165 e. The Kier molecular flexibility index (Phi) is 6.43. The Morgan fingerprint density at radius 3 is 2.18 bits per heavy atom. The largest absolute Gasteiger partial charge is 0.494 e. The molecule has 0 radical (unpaired) electrons. The zero-order chi connectivity index (χ0) is 19.5. The van der Waals surface area contributed by atoms with Crippen LogP contribution < -0.4 is 4.74 Å². The number of fused-ring (bicyclic) bond motifs is 1. The van der Waals surface area contributed by atoms with Crippen LogP contribution in [0.4, 0.5) is 4.39 Å². The molecule has 0 bridgehead atoms. The monoisotopic (exact) mass is 384 g/mol. The molecule has 1 aromatic rings. The molecule has 3 fully saturated rings. The van der Waals surface area contributed by atoms with Crippen molar-refractivity contribution < 1.29 is 9.13 Å². The number of hydrogen-bond acceptors (Lipinski definition) is 1. The van der Waals surface area contributed by atoms with E-state index < -0.39 is 0 Å². The van der Waals surface area contributed by atoms with Crippen LogP contribution in [0.25, 0.3) is 0 Å². The Labute approximate surface area is 170 Å². The molecule has 0 aromatic heterocycles. The van der Waals surface area contributed by atoms with Crippen LogP contribution in [0.5, 0.6) is 5.75 Å². The third kappa shape index (κ3) is 4.31. The van der Waals surface area contributed by atoms with E-state index in [0.29, 0.717) is 11.7 Å². The number of ether oxygens (including phenoxy) is 1. The molecule has 4 unspecified atom stereocenters. The van der Waals surface area contributed by atoms with E-state index in [-0.39, 0.29) is 5.82 Å². The molecular formula is C26H37FO. The highest BCUT2D eigenvalue weighted by Gasteiger charge is 2.39. The van der Waals surface area contributed by atoms with Gasteiger partial charge in [-0.05, 0) is 124 Å². The zero-order valence-corrected chi connectivity index (χ0v) is 17.7. The number of halogens is 1. The van der Waals surface area contributed by atoms with E-state index in [9.17, 15) is 4.39 Å². The Morgan fingerprint density at radius 1 is 0.857 bits per heavy atom. The summed E-state index contributed by atoms with van der Waals surface area (Å²) < 4.78 is 19.2. The first-order valence-electron chi connectivity index (χ1n) is 11.6. The van der Waals surface area contributed by atoms with E-state index in [1.807, 2.05) is 0 Å². The van der Waals surface area contributed by atoms with Gasteiger partial charge in [0.25, 0.3) is 0 Å². The highest BCUT2D eigenvalue weighted by atomic mass is 19.1. The average molecular weight is 385 g/mol. The lowest BCUT2D eigenvalue weighted by atomic mass is 9.60. The minimum atomic E-state index is -0.209. The van der Waals surface area contributed by atoms with E-state index >= 15 is 0 Å². The van der Waals surface area contributed by atoms with Crippen molar-refractivity contribution in [2.75, 3.05) is 7.11 Å². The van der Waals surface area contributed by atoms with Crippen LogP contribution in [-0.2, 0) is 0 Å². The molecule has 4 rings (SSSR count). The normalized spacial score (nSPS) is 36.2. The van der Waals surface area contributed by atoms with Crippen LogP contribution >= 0.6 is 0 Å².